The number of hydrogen-bond donors (Lipinski definition) is 2. The number of para-hydroxylation sites is 2. The minimum Gasteiger partial charge on any atom is -0.361 e. The van der Waals surface area contributed by atoms with Crippen LogP contribution in [0.4, 0.5) is 10.1 Å². The van der Waals surface area contributed by atoms with E-state index in [1.54, 1.807) is 0 Å². The van der Waals surface area contributed by atoms with Crippen molar-refractivity contribution in [3.05, 3.63) is 102 Å². The van der Waals surface area contributed by atoms with E-state index < -0.39 is 0 Å². The van der Waals surface area contributed by atoms with Crippen LogP contribution in [-0.2, 0) is 0 Å². The van der Waals surface area contributed by atoms with Gasteiger partial charge in [-0.25, -0.2) is 4.39 Å². The standard InChI is InChI=1S/C24H19FN4/c25-16-11-9-15(10-12-16)22-13-23-18-6-2-4-8-21(18)27-24(29(23)28-22)19-14-26-20-7-3-1-5-17(19)20/h1-12,14,23-24,26-27H,13H2/t23-,24+/m1/s1. The quantitative estimate of drug-likeness (QED) is 0.475. The molecule has 2 aliphatic heterocycles. The first kappa shape index (κ1) is 16.4. The lowest BCUT2D eigenvalue weighted by atomic mass is 9.94. The molecule has 0 saturated heterocycles. The molecule has 4 aromatic rings. The van der Waals surface area contributed by atoms with Crippen LogP contribution in [0.3, 0.4) is 0 Å². The smallest absolute Gasteiger partial charge is 0.144 e. The van der Waals surface area contributed by atoms with Gasteiger partial charge < -0.3 is 10.3 Å². The maximum absolute atomic E-state index is 13.4. The van der Waals surface area contributed by atoms with E-state index in [4.69, 9.17) is 5.10 Å². The average Bonchev–Trinajstić information content (AvgIpc) is 3.39. The molecular formula is C24H19FN4. The third kappa shape index (κ3) is 2.54. The molecule has 2 aliphatic rings. The van der Waals surface area contributed by atoms with E-state index in [1.807, 2.05) is 18.2 Å². The van der Waals surface area contributed by atoms with E-state index in [2.05, 4.69) is 64.0 Å². The predicted octanol–water partition coefficient (Wildman–Crippen LogP) is 5.58. The Kier molecular flexibility index (Phi) is 3.50. The summed E-state index contributed by atoms with van der Waals surface area (Å²) in [5.74, 6) is -0.228. The second-order valence-electron chi connectivity index (χ2n) is 7.58. The largest absolute Gasteiger partial charge is 0.361 e. The summed E-state index contributed by atoms with van der Waals surface area (Å²) in [6.45, 7) is 0. The van der Waals surface area contributed by atoms with Gasteiger partial charge in [0, 0.05) is 34.8 Å². The molecule has 0 fully saturated rings. The molecule has 1 aromatic heterocycles. The molecule has 0 spiro atoms. The van der Waals surface area contributed by atoms with Crippen LogP contribution in [0.1, 0.15) is 35.3 Å². The van der Waals surface area contributed by atoms with Gasteiger partial charge in [-0.1, -0.05) is 48.5 Å². The van der Waals surface area contributed by atoms with Crippen LogP contribution in [0, 0.1) is 5.82 Å². The van der Waals surface area contributed by atoms with Gasteiger partial charge in [-0.05, 0) is 35.4 Å². The molecular weight excluding hydrogens is 363 g/mol. The van der Waals surface area contributed by atoms with Gasteiger partial charge in [0.2, 0.25) is 0 Å². The van der Waals surface area contributed by atoms with Crippen molar-refractivity contribution in [2.24, 2.45) is 5.10 Å². The molecule has 0 radical (unpaired) electrons. The van der Waals surface area contributed by atoms with Gasteiger partial charge in [-0.3, -0.25) is 5.01 Å². The molecule has 4 nitrogen and oxygen atoms in total. The summed E-state index contributed by atoms with van der Waals surface area (Å²) in [5.41, 5.74) is 6.61. The van der Waals surface area contributed by atoms with Crippen molar-refractivity contribution in [3.63, 3.8) is 0 Å². The fourth-order valence-electron chi connectivity index (χ4n) is 4.51. The van der Waals surface area contributed by atoms with Crippen molar-refractivity contribution in [1.29, 1.82) is 0 Å². The molecule has 6 rings (SSSR count). The van der Waals surface area contributed by atoms with Gasteiger partial charge in [-0.2, -0.15) is 5.10 Å². The third-order valence-electron chi connectivity index (χ3n) is 5.91. The van der Waals surface area contributed by atoms with Gasteiger partial charge in [-0.15, -0.1) is 0 Å². The molecule has 142 valence electrons. The third-order valence-corrected chi connectivity index (χ3v) is 5.91. The van der Waals surface area contributed by atoms with Gasteiger partial charge >= 0.3 is 0 Å². The molecule has 29 heavy (non-hydrogen) atoms. The highest BCUT2D eigenvalue weighted by Gasteiger charge is 2.40. The number of aromatic amines is 1. The fraction of sp³-hybridized carbons (Fsp3) is 0.125. The normalized spacial score (nSPS) is 20.2. The number of aromatic nitrogens is 1. The fourth-order valence-corrected chi connectivity index (χ4v) is 4.51. The molecule has 0 amide bonds. The van der Waals surface area contributed by atoms with E-state index >= 15 is 0 Å². The number of nitrogens with zero attached hydrogens (tertiary/aromatic N) is 2. The minimum absolute atomic E-state index is 0.0796. The lowest BCUT2D eigenvalue weighted by molar-refractivity contribution is 0.170. The number of rotatable bonds is 2. The number of benzene rings is 3. The van der Waals surface area contributed by atoms with Crippen LogP contribution >= 0.6 is 0 Å². The molecule has 0 aliphatic carbocycles. The van der Waals surface area contributed by atoms with E-state index in [9.17, 15) is 4.39 Å². The molecule has 0 bridgehead atoms. The van der Waals surface area contributed by atoms with E-state index in [0.717, 1.165) is 28.9 Å². The number of fused-ring (bicyclic) bond motifs is 4. The number of hydrazone groups is 1. The first-order valence-electron chi connectivity index (χ1n) is 9.81. The van der Waals surface area contributed by atoms with Gasteiger partial charge in [0.15, 0.2) is 0 Å². The first-order valence-corrected chi connectivity index (χ1v) is 9.81. The Bertz CT molecular complexity index is 1240. The molecule has 3 heterocycles. The Morgan fingerprint density at radius 3 is 2.59 bits per heavy atom. The van der Waals surface area contributed by atoms with Crippen LogP contribution in [0.25, 0.3) is 10.9 Å². The van der Waals surface area contributed by atoms with Crippen molar-refractivity contribution in [2.75, 3.05) is 5.32 Å². The van der Waals surface area contributed by atoms with E-state index in [-0.39, 0.29) is 18.0 Å². The highest BCUT2D eigenvalue weighted by atomic mass is 19.1. The van der Waals surface area contributed by atoms with Crippen LogP contribution in [0.5, 0.6) is 0 Å². The van der Waals surface area contributed by atoms with Crippen molar-refractivity contribution in [1.82, 2.24) is 9.99 Å². The monoisotopic (exact) mass is 382 g/mol. The average molecular weight is 382 g/mol. The number of nitrogens with one attached hydrogen (secondary N) is 2. The van der Waals surface area contributed by atoms with Crippen LogP contribution in [-0.4, -0.2) is 15.7 Å². The minimum atomic E-state index is -0.228. The second kappa shape index (κ2) is 6.21. The summed E-state index contributed by atoms with van der Waals surface area (Å²) in [6.07, 6.45) is 2.78. The van der Waals surface area contributed by atoms with Crippen molar-refractivity contribution >= 4 is 22.3 Å². The van der Waals surface area contributed by atoms with Crippen LogP contribution < -0.4 is 5.32 Å². The molecule has 2 N–H and O–H groups in total. The molecule has 2 atom stereocenters. The molecule has 0 saturated carbocycles. The van der Waals surface area contributed by atoms with Crippen molar-refractivity contribution in [2.45, 2.75) is 18.6 Å². The van der Waals surface area contributed by atoms with Gasteiger partial charge in [0.25, 0.3) is 0 Å². The number of anilines is 1. The Morgan fingerprint density at radius 2 is 1.69 bits per heavy atom. The Morgan fingerprint density at radius 1 is 0.897 bits per heavy atom. The van der Waals surface area contributed by atoms with Gasteiger partial charge in [0.05, 0.1) is 11.8 Å². The molecule has 3 aromatic carbocycles. The number of hydrogen-bond acceptors (Lipinski definition) is 3. The summed E-state index contributed by atoms with van der Waals surface area (Å²) >= 11 is 0. The topological polar surface area (TPSA) is 43.4 Å². The zero-order valence-electron chi connectivity index (χ0n) is 15.6. The lowest BCUT2D eigenvalue weighted by Crippen LogP contribution is -2.35. The zero-order chi connectivity index (χ0) is 19.4. The summed E-state index contributed by atoms with van der Waals surface area (Å²) in [5, 5.41) is 12.0. The number of H-pyrrole nitrogens is 1. The molecule has 0 unspecified atom stereocenters. The second-order valence-corrected chi connectivity index (χ2v) is 7.58. The van der Waals surface area contributed by atoms with E-state index in [1.165, 1.54) is 28.6 Å². The predicted molar refractivity (Wildman–Crippen MR) is 113 cm³/mol. The maximum atomic E-state index is 13.4. The van der Waals surface area contributed by atoms with Crippen LogP contribution in [0.2, 0.25) is 0 Å². The summed E-state index contributed by atoms with van der Waals surface area (Å²) in [7, 11) is 0. The summed E-state index contributed by atoms with van der Waals surface area (Å²) in [6, 6.07) is 23.5. The van der Waals surface area contributed by atoms with Crippen LogP contribution in [0.15, 0.2) is 84.1 Å². The summed E-state index contributed by atoms with van der Waals surface area (Å²) < 4.78 is 13.4. The SMILES string of the molecule is Fc1ccc(C2=NN3[C@H](C2)c2ccccc2N[C@@H]3c2c[nH]c3ccccc23)cc1. The first-order chi connectivity index (χ1) is 14.3. The van der Waals surface area contributed by atoms with Crippen molar-refractivity contribution < 1.29 is 4.39 Å². The van der Waals surface area contributed by atoms with Crippen molar-refractivity contribution in [3.8, 4) is 0 Å². The molecule has 5 heteroatoms. The summed E-state index contributed by atoms with van der Waals surface area (Å²) in [4.78, 5) is 3.38. The van der Waals surface area contributed by atoms with Gasteiger partial charge in [0.1, 0.15) is 12.0 Å². The van der Waals surface area contributed by atoms with E-state index in [0.29, 0.717) is 0 Å². The Labute approximate surface area is 167 Å². The highest BCUT2D eigenvalue weighted by molar-refractivity contribution is 6.02. The lowest BCUT2D eigenvalue weighted by Gasteiger charge is -2.39. The Balaban J connectivity index is 1.49. The maximum Gasteiger partial charge on any atom is 0.144 e. The number of halogens is 1. The highest BCUT2D eigenvalue weighted by Crippen LogP contribution is 2.47. The Hall–Kier alpha value is -3.60. The zero-order valence-corrected chi connectivity index (χ0v) is 15.6.